The Balaban J connectivity index is 1.38. The molecule has 40 heavy (non-hydrogen) atoms. The van der Waals surface area contributed by atoms with Crippen molar-refractivity contribution in [3.63, 3.8) is 0 Å². The lowest BCUT2D eigenvalue weighted by atomic mass is 9.33. The summed E-state index contributed by atoms with van der Waals surface area (Å²) in [6.45, 7) is 19.0. The van der Waals surface area contributed by atoms with Crippen LogP contribution in [0.2, 0.25) is 0 Å². The summed E-state index contributed by atoms with van der Waals surface area (Å²) >= 11 is 0. The Kier molecular flexibility index (Phi) is 6.44. The molecule has 0 aromatic rings. The van der Waals surface area contributed by atoms with Gasteiger partial charge in [0.05, 0.1) is 12.2 Å². The maximum atomic E-state index is 14.5. The third kappa shape index (κ3) is 3.77. The van der Waals surface area contributed by atoms with Gasteiger partial charge in [-0.15, -0.1) is 0 Å². The van der Waals surface area contributed by atoms with Gasteiger partial charge in [-0.2, -0.15) is 0 Å². The lowest BCUT2D eigenvalue weighted by Gasteiger charge is -2.70. The zero-order valence-corrected chi connectivity index (χ0v) is 26.6. The first-order valence-corrected chi connectivity index (χ1v) is 16.5. The maximum Gasteiger partial charge on any atom is 0.252 e. The summed E-state index contributed by atoms with van der Waals surface area (Å²) in [5, 5.41) is 12.6. The van der Waals surface area contributed by atoms with Crippen LogP contribution < -0.4 is 0 Å². The molecule has 0 aliphatic heterocycles. The number of aliphatic hydroxyl groups is 1. The average molecular weight is 554 g/mol. The number of rotatable bonds is 4. The summed E-state index contributed by atoms with van der Waals surface area (Å²) in [5.74, 6) is 1.04. The van der Waals surface area contributed by atoms with Crippen molar-refractivity contribution in [2.75, 3.05) is 6.54 Å². The van der Waals surface area contributed by atoms with Crippen molar-refractivity contribution in [2.24, 2.45) is 50.2 Å². The number of hydrogen-bond donors (Lipinski definition) is 1. The molecular formula is C35H55NO4. The normalized spacial score (nSPS) is 49.6. The van der Waals surface area contributed by atoms with E-state index in [9.17, 15) is 14.7 Å². The van der Waals surface area contributed by atoms with E-state index in [2.05, 4.69) is 54.5 Å². The van der Waals surface area contributed by atoms with Gasteiger partial charge >= 0.3 is 0 Å². The molecule has 9 atom stereocenters. The second-order valence-electron chi connectivity index (χ2n) is 16.9. The molecule has 0 bridgehead atoms. The van der Waals surface area contributed by atoms with Crippen molar-refractivity contribution in [3.8, 4) is 0 Å². The van der Waals surface area contributed by atoms with Crippen molar-refractivity contribution < 1.29 is 19.5 Å². The number of fused-ring (bicyclic) bond motifs is 7. The zero-order chi connectivity index (χ0) is 29.1. The van der Waals surface area contributed by atoms with Crippen LogP contribution in [-0.4, -0.2) is 40.6 Å². The second-order valence-corrected chi connectivity index (χ2v) is 16.9. The average Bonchev–Trinajstić information content (AvgIpc) is 3.71. The van der Waals surface area contributed by atoms with E-state index >= 15 is 0 Å². The highest BCUT2D eigenvalue weighted by molar-refractivity contribution is 5.95. The minimum atomic E-state index is -0.470. The van der Waals surface area contributed by atoms with Crippen molar-refractivity contribution >= 4 is 11.7 Å². The topological polar surface area (TPSA) is 66.8 Å². The highest BCUT2D eigenvalue weighted by Gasteiger charge is 2.70. The minimum Gasteiger partial charge on any atom is -0.393 e. The Morgan fingerprint density at radius 3 is 2.27 bits per heavy atom. The molecule has 224 valence electrons. The fourth-order valence-electron chi connectivity index (χ4n) is 11.3. The van der Waals surface area contributed by atoms with Gasteiger partial charge in [0.1, 0.15) is 0 Å². The standard InChI is InChI=1S/C35H55NO4/c1-9-36(40-22-10-11-22)29(39)32(5)17-16-31(4)18-19-34(7)23(24(31)21-32)20-25(37)28-33(6)14-13-27(38)30(2,3)26(33)12-15-35(28,34)8/h20,22,24,26-28,38H,9-19,21H2,1-8H3/t24-,26?,27-,28+,31+,32-,33-,34+,35+/m0/s1. The van der Waals surface area contributed by atoms with Crippen LogP contribution in [0.3, 0.4) is 0 Å². The number of allylic oxidation sites excluding steroid dienone is 2. The quantitative estimate of drug-likeness (QED) is 0.372. The SMILES string of the molecule is CCN(OC1CC1)C(=O)[C@@]1(C)CC[C@]2(C)CC[C@]3(C)C(=CC(=O)[C@@H]4[C@@]5(C)CC[C@H](O)C(C)(C)C5CC[C@]43C)[C@@H]2C1. The molecule has 0 aromatic heterocycles. The summed E-state index contributed by atoms with van der Waals surface area (Å²) in [6.07, 6.45) is 12.9. The summed E-state index contributed by atoms with van der Waals surface area (Å²) in [5.41, 5.74) is 0.568. The Labute approximate surface area is 242 Å². The van der Waals surface area contributed by atoms with Gasteiger partial charge in [0.2, 0.25) is 0 Å². The van der Waals surface area contributed by atoms with Crippen LogP contribution in [0.4, 0.5) is 0 Å². The minimum absolute atomic E-state index is 0.0113. The van der Waals surface area contributed by atoms with Crippen LogP contribution in [0.5, 0.6) is 0 Å². The molecule has 0 radical (unpaired) electrons. The smallest absolute Gasteiger partial charge is 0.252 e. The van der Waals surface area contributed by atoms with Crippen LogP contribution in [0.15, 0.2) is 11.6 Å². The van der Waals surface area contributed by atoms with E-state index in [0.29, 0.717) is 18.2 Å². The van der Waals surface area contributed by atoms with Crippen LogP contribution in [0.1, 0.15) is 126 Å². The lowest BCUT2D eigenvalue weighted by molar-refractivity contribution is -0.208. The number of hydroxylamine groups is 2. The first kappa shape index (κ1) is 28.9. The van der Waals surface area contributed by atoms with Crippen molar-refractivity contribution in [2.45, 2.75) is 138 Å². The molecule has 0 saturated heterocycles. The summed E-state index contributed by atoms with van der Waals surface area (Å²) in [6, 6.07) is 0. The van der Waals surface area contributed by atoms with Gasteiger partial charge in [-0.25, -0.2) is 5.06 Å². The van der Waals surface area contributed by atoms with Crippen molar-refractivity contribution in [1.82, 2.24) is 5.06 Å². The number of carbonyl (C=O) groups is 2. The van der Waals surface area contributed by atoms with Gasteiger partial charge in [0.15, 0.2) is 5.78 Å². The first-order chi connectivity index (χ1) is 18.6. The Bertz CT molecular complexity index is 1120. The summed E-state index contributed by atoms with van der Waals surface area (Å²) < 4.78 is 0. The van der Waals surface area contributed by atoms with Gasteiger partial charge in [-0.1, -0.05) is 54.0 Å². The second kappa shape index (κ2) is 8.91. The molecule has 5 heteroatoms. The van der Waals surface area contributed by atoms with E-state index in [1.165, 1.54) is 5.57 Å². The lowest BCUT2D eigenvalue weighted by Crippen LogP contribution is -2.66. The number of amides is 1. The molecule has 6 aliphatic carbocycles. The number of aliphatic hydroxyl groups excluding tert-OH is 1. The van der Waals surface area contributed by atoms with Crippen molar-refractivity contribution in [3.05, 3.63) is 11.6 Å². The van der Waals surface area contributed by atoms with E-state index in [-0.39, 0.29) is 57.0 Å². The van der Waals surface area contributed by atoms with Gasteiger partial charge in [-0.05, 0) is 123 Å². The maximum absolute atomic E-state index is 14.5. The Morgan fingerprint density at radius 1 is 0.950 bits per heavy atom. The van der Waals surface area contributed by atoms with Crippen LogP contribution in [0.25, 0.3) is 0 Å². The molecule has 5 fully saturated rings. The molecule has 0 heterocycles. The monoisotopic (exact) mass is 553 g/mol. The fourth-order valence-corrected chi connectivity index (χ4v) is 11.3. The van der Waals surface area contributed by atoms with Crippen molar-refractivity contribution in [1.29, 1.82) is 0 Å². The van der Waals surface area contributed by atoms with E-state index in [1.807, 2.05) is 6.92 Å². The van der Waals surface area contributed by atoms with E-state index in [4.69, 9.17) is 4.84 Å². The number of carbonyl (C=O) groups excluding carboxylic acids is 2. The molecular weight excluding hydrogens is 498 g/mol. The predicted molar refractivity (Wildman–Crippen MR) is 157 cm³/mol. The molecule has 0 aromatic carbocycles. The number of hydrogen-bond acceptors (Lipinski definition) is 4. The molecule has 5 nitrogen and oxygen atoms in total. The first-order valence-electron chi connectivity index (χ1n) is 16.5. The molecule has 1 N–H and O–H groups in total. The highest BCUT2D eigenvalue weighted by atomic mass is 16.7. The highest BCUT2D eigenvalue weighted by Crippen LogP contribution is 2.75. The van der Waals surface area contributed by atoms with E-state index in [1.54, 1.807) is 5.06 Å². The van der Waals surface area contributed by atoms with Crippen LogP contribution in [0, 0.1) is 50.2 Å². The Hall–Kier alpha value is -1.20. The molecule has 6 rings (SSSR count). The third-order valence-electron chi connectivity index (χ3n) is 14.4. The third-order valence-corrected chi connectivity index (χ3v) is 14.4. The molecule has 6 aliphatic rings. The predicted octanol–water partition coefficient (Wildman–Crippen LogP) is 7.27. The van der Waals surface area contributed by atoms with Gasteiger partial charge < -0.3 is 5.11 Å². The zero-order valence-electron chi connectivity index (χ0n) is 26.6. The van der Waals surface area contributed by atoms with Crippen LogP contribution >= 0.6 is 0 Å². The van der Waals surface area contributed by atoms with Gasteiger partial charge in [0.25, 0.3) is 5.91 Å². The van der Waals surface area contributed by atoms with Crippen LogP contribution in [-0.2, 0) is 14.4 Å². The molecule has 0 spiro atoms. The Morgan fingerprint density at radius 2 is 1.62 bits per heavy atom. The van der Waals surface area contributed by atoms with E-state index in [0.717, 1.165) is 70.6 Å². The molecule has 1 unspecified atom stereocenters. The molecule has 1 amide bonds. The molecule has 5 saturated carbocycles. The fraction of sp³-hybridized carbons (Fsp3) is 0.886. The van der Waals surface area contributed by atoms with Gasteiger partial charge in [0, 0.05) is 17.9 Å². The number of nitrogens with zero attached hydrogens (tertiary/aromatic N) is 1. The number of ketones is 1. The summed E-state index contributed by atoms with van der Waals surface area (Å²) in [7, 11) is 0. The van der Waals surface area contributed by atoms with Gasteiger partial charge in [-0.3, -0.25) is 14.4 Å². The van der Waals surface area contributed by atoms with E-state index < -0.39 is 5.41 Å². The summed E-state index contributed by atoms with van der Waals surface area (Å²) in [4.78, 5) is 34.5. The largest absolute Gasteiger partial charge is 0.393 e.